The molecule has 0 aliphatic heterocycles. The Balaban J connectivity index is 3.08. The summed E-state index contributed by atoms with van der Waals surface area (Å²) in [5, 5.41) is -0.603. The Bertz CT molecular complexity index is 532. The molecule has 0 bridgehead atoms. The molecule has 0 spiro atoms. The Morgan fingerprint density at radius 3 is 2.14 bits per heavy atom. The van der Waals surface area contributed by atoms with E-state index < -0.39 is 22.8 Å². The highest BCUT2D eigenvalue weighted by molar-refractivity contribution is 8.05. The molecular formula is C14H18O6S. The molecule has 1 rings (SSSR count). The number of methoxy groups -OCH3 is 2. The number of thioether (sulfide) groups is 1. The molecular weight excluding hydrogens is 296 g/mol. The number of rotatable bonds is 6. The molecule has 0 aromatic rings. The van der Waals surface area contributed by atoms with E-state index in [0.29, 0.717) is 0 Å². The molecule has 0 radical (unpaired) electrons. The molecule has 7 heteroatoms. The summed E-state index contributed by atoms with van der Waals surface area (Å²) in [6.45, 7) is 5.09. The van der Waals surface area contributed by atoms with Crippen LogP contribution in [0, 0.1) is 0 Å². The van der Waals surface area contributed by atoms with E-state index in [4.69, 9.17) is 14.2 Å². The molecule has 0 fully saturated rings. The van der Waals surface area contributed by atoms with E-state index >= 15 is 0 Å². The van der Waals surface area contributed by atoms with Gasteiger partial charge >= 0.3 is 5.97 Å². The van der Waals surface area contributed by atoms with E-state index in [1.807, 2.05) is 0 Å². The number of esters is 1. The summed E-state index contributed by atoms with van der Waals surface area (Å²) < 4.78 is 14.8. The van der Waals surface area contributed by atoms with Gasteiger partial charge in [-0.3, -0.25) is 14.4 Å². The number of carbonyl (C=O) groups is 3. The molecule has 1 aliphatic rings. The number of hydrogen-bond donors (Lipinski definition) is 0. The van der Waals surface area contributed by atoms with Crippen molar-refractivity contribution in [3.05, 3.63) is 22.0 Å². The van der Waals surface area contributed by atoms with Crippen LogP contribution in [0.15, 0.2) is 22.0 Å². The van der Waals surface area contributed by atoms with Gasteiger partial charge in [0.25, 0.3) is 0 Å². The number of Topliss-reactive ketones (excluding diaryl/α,β-unsaturated/α-hetero) is 2. The summed E-state index contributed by atoms with van der Waals surface area (Å²) in [6, 6.07) is 0. The van der Waals surface area contributed by atoms with E-state index in [0.717, 1.165) is 11.8 Å². The van der Waals surface area contributed by atoms with Crippen LogP contribution in [-0.4, -0.2) is 43.6 Å². The third-order valence-electron chi connectivity index (χ3n) is 2.83. The van der Waals surface area contributed by atoms with Gasteiger partial charge in [-0.2, -0.15) is 0 Å². The third-order valence-corrected chi connectivity index (χ3v) is 4.10. The first-order chi connectivity index (χ1) is 9.88. The topological polar surface area (TPSA) is 78.9 Å². The number of ether oxygens (including phenoxy) is 3. The van der Waals surface area contributed by atoms with Crippen molar-refractivity contribution in [3.8, 4) is 0 Å². The highest BCUT2D eigenvalue weighted by Gasteiger charge is 2.36. The zero-order valence-corrected chi connectivity index (χ0v) is 13.5. The number of ketones is 2. The fourth-order valence-electron chi connectivity index (χ4n) is 1.75. The monoisotopic (exact) mass is 314 g/mol. The predicted octanol–water partition coefficient (Wildman–Crippen LogP) is 1.60. The lowest BCUT2D eigenvalue weighted by Crippen LogP contribution is -2.26. The first-order valence-corrected chi connectivity index (χ1v) is 7.22. The van der Waals surface area contributed by atoms with Gasteiger partial charge in [0.15, 0.2) is 0 Å². The van der Waals surface area contributed by atoms with Crippen LogP contribution in [0.1, 0.15) is 20.8 Å². The van der Waals surface area contributed by atoms with Crippen molar-refractivity contribution in [3.63, 3.8) is 0 Å². The van der Waals surface area contributed by atoms with Crippen LogP contribution in [-0.2, 0) is 28.6 Å². The largest absolute Gasteiger partial charge is 0.489 e. The highest BCUT2D eigenvalue weighted by atomic mass is 32.2. The predicted molar refractivity (Wildman–Crippen MR) is 77.4 cm³/mol. The van der Waals surface area contributed by atoms with Crippen LogP contribution in [0.5, 0.6) is 0 Å². The molecule has 21 heavy (non-hydrogen) atoms. The second-order valence-electron chi connectivity index (χ2n) is 4.19. The summed E-state index contributed by atoms with van der Waals surface area (Å²) in [7, 11) is 2.59. The number of allylic oxidation sites excluding steroid dienone is 2. The molecule has 0 N–H and O–H groups in total. The minimum atomic E-state index is -0.603. The van der Waals surface area contributed by atoms with Gasteiger partial charge < -0.3 is 14.2 Å². The van der Waals surface area contributed by atoms with E-state index in [1.54, 1.807) is 13.8 Å². The SMILES string of the molecule is CCOC(=O)C(C)SC1=C(C)C(=O)C(OC)=C(OC)C1=O. The van der Waals surface area contributed by atoms with Crippen LogP contribution in [0.2, 0.25) is 0 Å². The van der Waals surface area contributed by atoms with E-state index in [9.17, 15) is 14.4 Å². The molecule has 1 atom stereocenters. The molecule has 6 nitrogen and oxygen atoms in total. The minimum Gasteiger partial charge on any atom is -0.489 e. The van der Waals surface area contributed by atoms with Crippen LogP contribution in [0.4, 0.5) is 0 Å². The van der Waals surface area contributed by atoms with Crippen molar-refractivity contribution < 1.29 is 28.6 Å². The molecule has 1 aliphatic carbocycles. The fourth-order valence-corrected chi connectivity index (χ4v) is 2.74. The van der Waals surface area contributed by atoms with Gasteiger partial charge in [-0.15, -0.1) is 11.8 Å². The lowest BCUT2D eigenvalue weighted by molar-refractivity contribution is -0.142. The lowest BCUT2D eigenvalue weighted by Gasteiger charge is -2.21. The van der Waals surface area contributed by atoms with Gasteiger partial charge in [-0.1, -0.05) is 0 Å². The van der Waals surface area contributed by atoms with Gasteiger partial charge in [0.05, 0.1) is 25.7 Å². The quantitative estimate of drug-likeness (QED) is 0.544. The Morgan fingerprint density at radius 1 is 1.14 bits per heavy atom. The Hall–Kier alpha value is -1.76. The lowest BCUT2D eigenvalue weighted by atomic mass is 10.0. The average Bonchev–Trinajstić information content (AvgIpc) is 2.46. The third kappa shape index (κ3) is 3.47. The smallest absolute Gasteiger partial charge is 0.319 e. The Labute approximate surface area is 127 Å². The highest BCUT2D eigenvalue weighted by Crippen LogP contribution is 2.34. The molecule has 0 saturated carbocycles. The maximum Gasteiger partial charge on any atom is 0.319 e. The molecule has 1 unspecified atom stereocenters. The summed E-state index contributed by atoms with van der Waals surface area (Å²) >= 11 is 0.985. The van der Waals surface area contributed by atoms with Gasteiger partial charge in [0.2, 0.25) is 23.1 Å². The zero-order valence-electron chi connectivity index (χ0n) is 12.6. The van der Waals surface area contributed by atoms with E-state index in [1.165, 1.54) is 21.1 Å². The van der Waals surface area contributed by atoms with E-state index in [-0.39, 0.29) is 28.6 Å². The molecule has 116 valence electrons. The fraction of sp³-hybridized carbons (Fsp3) is 0.500. The maximum absolute atomic E-state index is 12.4. The van der Waals surface area contributed by atoms with Crippen molar-refractivity contribution >= 4 is 29.3 Å². The average molecular weight is 314 g/mol. The summed E-state index contributed by atoms with van der Waals surface area (Å²) in [4.78, 5) is 36.3. The normalized spacial score (nSPS) is 17.0. The van der Waals surface area contributed by atoms with Crippen LogP contribution in [0.25, 0.3) is 0 Å². The maximum atomic E-state index is 12.4. The molecule has 0 aromatic carbocycles. The minimum absolute atomic E-state index is 0.117. The first-order valence-electron chi connectivity index (χ1n) is 6.34. The number of carbonyl (C=O) groups excluding carboxylic acids is 3. The van der Waals surface area contributed by atoms with Crippen LogP contribution in [0.3, 0.4) is 0 Å². The van der Waals surface area contributed by atoms with Gasteiger partial charge in [0, 0.05) is 5.57 Å². The van der Waals surface area contributed by atoms with Gasteiger partial charge in [-0.25, -0.2) is 0 Å². The van der Waals surface area contributed by atoms with Crippen molar-refractivity contribution in [2.75, 3.05) is 20.8 Å². The van der Waals surface area contributed by atoms with Crippen molar-refractivity contribution in [2.24, 2.45) is 0 Å². The summed E-state index contributed by atoms with van der Waals surface area (Å²) in [5.41, 5.74) is 0.235. The van der Waals surface area contributed by atoms with Crippen molar-refractivity contribution in [2.45, 2.75) is 26.0 Å². The zero-order chi connectivity index (χ0) is 16.2. The van der Waals surface area contributed by atoms with Gasteiger partial charge in [-0.05, 0) is 20.8 Å². The first kappa shape index (κ1) is 17.3. The van der Waals surface area contributed by atoms with Crippen LogP contribution < -0.4 is 0 Å². The summed E-state index contributed by atoms with van der Waals surface area (Å²) in [6.07, 6.45) is 0. The van der Waals surface area contributed by atoms with Gasteiger partial charge in [0.1, 0.15) is 5.25 Å². The Morgan fingerprint density at radius 2 is 1.67 bits per heavy atom. The van der Waals surface area contributed by atoms with Crippen molar-refractivity contribution in [1.82, 2.24) is 0 Å². The van der Waals surface area contributed by atoms with E-state index in [2.05, 4.69) is 0 Å². The standard InChI is InChI=1S/C14H18O6S/c1-6-20-14(17)8(3)21-13-7(2)9(15)11(18-4)12(19-5)10(13)16/h8H,6H2,1-5H3. The van der Waals surface area contributed by atoms with Crippen LogP contribution >= 0.6 is 11.8 Å². The second-order valence-corrected chi connectivity index (χ2v) is 5.54. The molecule has 0 aromatic heterocycles. The molecule has 0 amide bonds. The molecule has 0 heterocycles. The van der Waals surface area contributed by atoms with Crippen molar-refractivity contribution in [1.29, 1.82) is 0 Å². The molecule has 0 saturated heterocycles. The number of hydrogen-bond acceptors (Lipinski definition) is 7. The summed E-state index contributed by atoms with van der Waals surface area (Å²) in [5.74, 6) is -1.59. The Kier molecular flexibility index (Phi) is 6.02. The second kappa shape index (κ2) is 7.31.